The van der Waals surface area contributed by atoms with Gasteiger partial charge in [-0.2, -0.15) is 0 Å². The minimum Gasteiger partial charge on any atom is -0.493 e. The molecule has 0 spiro atoms. The van der Waals surface area contributed by atoms with Gasteiger partial charge in [-0.15, -0.1) is 11.6 Å². The number of aromatic nitrogens is 1. The van der Waals surface area contributed by atoms with E-state index in [9.17, 15) is 0 Å². The van der Waals surface area contributed by atoms with Gasteiger partial charge in [0.1, 0.15) is 11.5 Å². The fraction of sp³-hybridized carbons (Fsp3) is 0.353. The molecule has 2 aromatic rings. The molecule has 2 rings (SSSR count). The molecule has 0 N–H and O–H groups in total. The largest absolute Gasteiger partial charge is 0.493 e. The van der Waals surface area contributed by atoms with Gasteiger partial charge in [0.15, 0.2) is 0 Å². The number of rotatable bonds is 8. The van der Waals surface area contributed by atoms with Gasteiger partial charge in [0.2, 0.25) is 0 Å². The van der Waals surface area contributed by atoms with Crippen molar-refractivity contribution in [2.24, 2.45) is 0 Å². The van der Waals surface area contributed by atoms with Crippen molar-refractivity contribution < 1.29 is 9.47 Å². The molecule has 0 unspecified atom stereocenters. The molecule has 0 bridgehead atoms. The van der Waals surface area contributed by atoms with E-state index in [4.69, 9.17) is 21.1 Å². The summed E-state index contributed by atoms with van der Waals surface area (Å²) < 4.78 is 11.5. The van der Waals surface area contributed by atoms with Crippen LogP contribution in [0.4, 0.5) is 0 Å². The van der Waals surface area contributed by atoms with Crippen LogP contribution in [0.25, 0.3) is 0 Å². The molecule has 1 aromatic heterocycles. The summed E-state index contributed by atoms with van der Waals surface area (Å²) >= 11 is 5.95. The highest BCUT2D eigenvalue weighted by molar-refractivity contribution is 6.17. The fourth-order valence-electron chi connectivity index (χ4n) is 1.90. The molecule has 0 radical (unpaired) electrons. The Labute approximate surface area is 130 Å². The maximum Gasteiger partial charge on any atom is 0.127 e. The third kappa shape index (κ3) is 4.94. The first-order chi connectivity index (χ1) is 10.3. The normalized spacial score (nSPS) is 10.4. The van der Waals surface area contributed by atoms with Crippen LogP contribution in [0.2, 0.25) is 0 Å². The summed E-state index contributed by atoms with van der Waals surface area (Å²) in [5.41, 5.74) is 1.99. The number of ether oxygens (including phenoxy) is 2. The molecule has 3 nitrogen and oxygen atoms in total. The smallest absolute Gasteiger partial charge is 0.127 e. The quantitative estimate of drug-likeness (QED) is 0.684. The molecule has 1 aromatic carbocycles. The van der Waals surface area contributed by atoms with Gasteiger partial charge in [-0.05, 0) is 24.6 Å². The monoisotopic (exact) mass is 305 g/mol. The minimum absolute atomic E-state index is 0.424. The van der Waals surface area contributed by atoms with E-state index in [0.29, 0.717) is 19.1 Å². The van der Waals surface area contributed by atoms with Crippen LogP contribution in [0.5, 0.6) is 11.5 Å². The zero-order valence-corrected chi connectivity index (χ0v) is 13.0. The van der Waals surface area contributed by atoms with Crippen LogP contribution in [0.15, 0.2) is 42.6 Å². The number of pyridine rings is 1. The Kier molecular flexibility index (Phi) is 6.35. The lowest BCUT2D eigenvalue weighted by molar-refractivity contribution is 0.301. The molecule has 0 atom stereocenters. The highest BCUT2D eigenvalue weighted by Gasteiger charge is 2.06. The summed E-state index contributed by atoms with van der Waals surface area (Å²) in [5.74, 6) is 2.03. The summed E-state index contributed by atoms with van der Waals surface area (Å²) in [6.45, 7) is 3.35. The first-order valence-electron chi connectivity index (χ1n) is 7.18. The second kappa shape index (κ2) is 8.53. The highest BCUT2D eigenvalue weighted by Crippen LogP contribution is 2.26. The van der Waals surface area contributed by atoms with Gasteiger partial charge < -0.3 is 9.47 Å². The Bertz CT molecular complexity index is 546. The molecule has 21 heavy (non-hydrogen) atoms. The van der Waals surface area contributed by atoms with Gasteiger partial charge in [-0.3, -0.25) is 4.98 Å². The van der Waals surface area contributed by atoms with Crippen LogP contribution in [0, 0.1) is 0 Å². The zero-order chi connectivity index (χ0) is 14.9. The van der Waals surface area contributed by atoms with Crippen LogP contribution in [-0.2, 0) is 12.3 Å². The van der Waals surface area contributed by atoms with E-state index in [2.05, 4.69) is 11.9 Å². The molecule has 0 amide bonds. The fourth-order valence-corrected chi connectivity index (χ4v) is 2.12. The Morgan fingerprint density at radius 2 is 2.00 bits per heavy atom. The van der Waals surface area contributed by atoms with Gasteiger partial charge >= 0.3 is 0 Å². The second-order valence-corrected chi connectivity index (χ2v) is 4.94. The number of halogens is 1. The predicted molar refractivity (Wildman–Crippen MR) is 85.2 cm³/mol. The van der Waals surface area contributed by atoms with Crippen LogP contribution < -0.4 is 9.47 Å². The standard InChI is InChI=1S/C17H20ClNO2/c1-2-10-20-16-7-6-14(13-18)17(12-16)21-11-8-15-5-3-4-9-19-15/h3-7,9,12H,2,8,10-11,13H2,1H3. The lowest BCUT2D eigenvalue weighted by atomic mass is 10.2. The lowest BCUT2D eigenvalue weighted by Crippen LogP contribution is -2.05. The van der Waals surface area contributed by atoms with E-state index in [-0.39, 0.29) is 0 Å². The van der Waals surface area contributed by atoms with E-state index in [0.717, 1.165) is 35.6 Å². The van der Waals surface area contributed by atoms with Crippen molar-refractivity contribution in [3.05, 3.63) is 53.9 Å². The molecular formula is C17H20ClNO2. The molecule has 4 heteroatoms. The van der Waals surface area contributed by atoms with Crippen molar-refractivity contribution in [2.75, 3.05) is 13.2 Å². The van der Waals surface area contributed by atoms with E-state index >= 15 is 0 Å². The first kappa shape index (κ1) is 15.6. The molecule has 0 saturated carbocycles. The van der Waals surface area contributed by atoms with E-state index < -0.39 is 0 Å². The Balaban J connectivity index is 1.96. The first-order valence-corrected chi connectivity index (χ1v) is 7.71. The number of nitrogens with zero attached hydrogens (tertiary/aromatic N) is 1. The van der Waals surface area contributed by atoms with Gasteiger partial charge in [0.25, 0.3) is 0 Å². The number of hydrogen-bond donors (Lipinski definition) is 0. The summed E-state index contributed by atoms with van der Waals surface area (Å²) in [5, 5.41) is 0. The topological polar surface area (TPSA) is 31.4 Å². The van der Waals surface area contributed by atoms with Crippen molar-refractivity contribution in [3.63, 3.8) is 0 Å². The number of alkyl halides is 1. The zero-order valence-electron chi connectivity index (χ0n) is 12.2. The Hall–Kier alpha value is -1.74. The van der Waals surface area contributed by atoms with Crippen LogP contribution >= 0.6 is 11.6 Å². The van der Waals surface area contributed by atoms with Crippen molar-refractivity contribution in [1.29, 1.82) is 0 Å². The summed E-state index contributed by atoms with van der Waals surface area (Å²) in [7, 11) is 0. The summed E-state index contributed by atoms with van der Waals surface area (Å²) in [4.78, 5) is 4.28. The third-order valence-corrected chi connectivity index (χ3v) is 3.29. The van der Waals surface area contributed by atoms with Crippen molar-refractivity contribution in [2.45, 2.75) is 25.6 Å². The van der Waals surface area contributed by atoms with Crippen LogP contribution in [0.1, 0.15) is 24.6 Å². The SMILES string of the molecule is CCCOc1ccc(CCl)c(OCCc2ccccn2)c1. The molecule has 0 fully saturated rings. The molecule has 0 aliphatic heterocycles. The number of hydrogen-bond acceptors (Lipinski definition) is 3. The van der Waals surface area contributed by atoms with E-state index in [1.807, 2.05) is 36.4 Å². The molecule has 0 aliphatic rings. The van der Waals surface area contributed by atoms with Gasteiger partial charge in [0, 0.05) is 29.9 Å². The average Bonchev–Trinajstić information content (AvgIpc) is 2.54. The van der Waals surface area contributed by atoms with Crippen molar-refractivity contribution >= 4 is 11.6 Å². The van der Waals surface area contributed by atoms with Gasteiger partial charge in [0.05, 0.1) is 19.1 Å². The summed E-state index contributed by atoms with van der Waals surface area (Å²) in [6, 6.07) is 11.7. The Morgan fingerprint density at radius 3 is 2.71 bits per heavy atom. The Morgan fingerprint density at radius 1 is 1.10 bits per heavy atom. The maximum absolute atomic E-state index is 5.95. The minimum atomic E-state index is 0.424. The lowest BCUT2D eigenvalue weighted by Gasteiger charge is -2.12. The predicted octanol–water partition coefficient (Wildman–Crippen LogP) is 4.23. The van der Waals surface area contributed by atoms with Gasteiger partial charge in [-0.25, -0.2) is 0 Å². The average molecular weight is 306 g/mol. The van der Waals surface area contributed by atoms with E-state index in [1.165, 1.54) is 0 Å². The molecule has 0 aliphatic carbocycles. The number of benzene rings is 1. The maximum atomic E-state index is 5.95. The molecule has 1 heterocycles. The van der Waals surface area contributed by atoms with Gasteiger partial charge in [-0.1, -0.05) is 19.1 Å². The molecule has 0 saturated heterocycles. The van der Waals surface area contributed by atoms with E-state index in [1.54, 1.807) is 6.20 Å². The van der Waals surface area contributed by atoms with Crippen LogP contribution in [0.3, 0.4) is 0 Å². The van der Waals surface area contributed by atoms with Crippen LogP contribution in [-0.4, -0.2) is 18.2 Å². The van der Waals surface area contributed by atoms with Crippen molar-refractivity contribution in [1.82, 2.24) is 4.98 Å². The highest BCUT2D eigenvalue weighted by atomic mass is 35.5. The molecular weight excluding hydrogens is 286 g/mol. The summed E-state index contributed by atoms with van der Waals surface area (Å²) in [6.07, 6.45) is 3.54. The van der Waals surface area contributed by atoms with Crippen molar-refractivity contribution in [3.8, 4) is 11.5 Å². The second-order valence-electron chi connectivity index (χ2n) is 4.67. The third-order valence-electron chi connectivity index (χ3n) is 3.00. The molecule has 112 valence electrons.